The van der Waals surface area contributed by atoms with Crippen molar-refractivity contribution in [3.63, 3.8) is 0 Å². The lowest BCUT2D eigenvalue weighted by Gasteiger charge is -2.17. The molecule has 34 heavy (non-hydrogen) atoms. The van der Waals surface area contributed by atoms with Crippen LogP contribution >= 0.6 is 23.4 Å². The maximum Gasteiger partial charge on any atom is 0.192 e. The Morgan fingerprint density at radius 1 is 1.12 bits per heavy atom. The number of Topliss-reactive ketones (excluding diaryl/α,β-unsaturated/α-hetero) is 1. The number of aryl methyl sites for hydroxylation is 1. The molecule has 0 atom stereocenters. The van der Waals surface area contributed by atoms with Crippen molar-refractivity contribution >= 4 is 40.0 Å². The highest BCUT2D eigenvalue weighted by atomic mass is 35.5. The van der Waals surface area contributed by atoms with E-state index in [1.54, 1.807) is 0 Å². The molecule has 0 saturated heterocycles. The number of hydrogen-bond donors (Lipinski definition) is 0. The zero-order valence-electron chi connectivity index (χ0n) is 18.7. The number of carbonyl (C=O) groups excluding carboxylic acids is 1. The molecule has 0 N–H and O–H groups in total. The standard InChI is InChI=1S/C26H24ClN5OS/c27-22-12-5-3-11-20(22)25-29-30-26(32(25)18-8-1-2-9-18)34-17-24(33)21-16-31(15-7-14-28)23-13-6-4-10-19(21)23/h3-6,10-13,16,18H,1-2,7-9,15,17H2. The van der Waals surface area contributed by atoms with Crippen molar-refractivity contribution in [3.8, 4) is 17.5 Å². The van der Waals surface area contributed by atoms with Gasteiger partial charge in [0.05, 0.1) is 23.3 Å². The fourth-order valence-corrected chi connectivity index (χ4v) is 5.83. The molecule has 8 heteroatoms. The summed E-state index contributed by atoms with van der Waals surface area (Å²) in [5.41, 5.74) is 2.52. The molecule has 0 unspecified atom stereocenters. The molecule has 1 fully saturated rings. The largest absolute Gasteiger partial charge is 0.346 e. The molecule has 172 valence electrons. The van der Waals surface area contributed by atoms with Crippen molar-refractivity contribution in [2.75, 3.05) is 5.75 Å². The van der Waals surface area contributed by atoms with Gasteiger partial charge < -0.3 is 4.57 Å². The number of thioether (sulfide) groups is 1. The lowest BCUT2D eigenvalue weighted by molar-refractivity contribution is 0.102. The Kier molecular flexibility index (Phi) is 6.70. The van der Waals surface area contributed by atoms with Crippen LogP contribution in [0.1, 0.15) is 48.5 Å². The molecule has 0 aliphatic heterocycles. The van der Waals surface area contributed by atoms with Crippen molar-refractivity contribution in [1.29, 1.82) is 5.26 Å². The van der Waals surface area contributed by atoms with Gasteiger partial charge in [-0.1, -0.05) is 66.5 Å². The van der Waals surface area contributed by atoms with Crippen LogP contribution in [0, 0.1) is 11.3 Å². The average molecular weight is 490 g/mol. The summed E-state index contributed by atoms with van der Waals surface area (Å²) in [6.07, 6.45) is 6.77. The Labute approximate surface area is 207 Å². The smallest absolute Gasteiger partial charge is 0.192 e. The number of hydrogen-bond acceptors (Lipinski definition) is 5. The second-order valence-corrected chi connectivity index (χ2v) is 9.82. The molecule has 0 radical (unpaired) electrons. The van der Waals surface area contributed by atoms with E-state index in [0.717, 1.165) is 40.3 Å². The highest BCUT2D eigenvalue weighted by molar-refractivity contribution is 7.99. The van der Waals surface area contributed by atoms with Gasteiger partial charge in [-0.2, -0.15) is 5.26 Å². The van der Waals surface area contributed by atoms with Crippen LogP contribution in [0.4, 0.5) is 0 Å². The van der Waals surface area contributed by atoms with Crippen LogP contribution in [-0.4, -0.2) is 30.9 Å². The van der Waals surface area contributed by atoms with Crippen molar-refractivity contribution in [3.05, 3.63) is 65.3 Å². The van der Waals surface area contributed by atoms with Gasteiger partial charge in [-0.3, -0.25) is 9.36 Å². The van der Waals surface area contributed by atoms with E-state index >= 15 is 0 Å². The van der Waals surface area contributed by atoms with Crippen LogP contribution < -0.4 is 0 Å². The summed E-state index contributed by atoms with van der Waals surface area (Å²) < 4.78 is 4.18. The van der Waals surface area contributed by atoms with Crippen LogP contribution in [-0.2, 0) is 6.54 Å². The van der Waals surface area contributed by atoms with Gasteiger partial charge in [-0.05, 0) is 31.0 Å². The van der Waals surface area contributed by atoms with Gasteiger partial charge in [0, 0.05) is 40.8 Å². The summed E-state index contributed by atoms with van der Waals surface area (Å²) in [5, 5.41) is 20.3. The second kappa shape index (κ2) is 10.0. The minimum absolute atomic E-state index is 0.0390. The first kappa shape index (κ1) is 22.7. The van der Waals surface area contributed by atoms with E-state index in [9.17, 15) is 4.79 Å². The number of nitriles is 1. The van der Waals surface area contributed by atoms with E-state index in [-0.39, 0.29) is 11.5 Å². The molecule has 0 bridgehead atoms. The maximum absolute atomic E-state index is 13.3. The third-order valence-corrected chi connectivity index (χ3v) is 7.63. The molecule has 0 amide bonds. The number of ketones is 1. The Balaban J connectivity index is 1.43. The SMILES string of the molecule is N#CCCn1cc(C(=O)CSc2nnc(-c3ccccc3Cl)n2C2CCCC2)c2ccccc21. The Morgan fingerprint density at radius 3 is 2.68 bits per heavy atom. The molecule has 5 rings (SSSR count). The first-order valence-electron chi connectivity index (χ1n) is 11.5. The van der Waals surface area contributed by atoms with Crippen LogP contribution in [0.5, 0.6) is 0 Å². The quantitative estimate of drug-likeness (QED) is 0.207. The molecule has 4 aromatic rings. The van der Waals surface area contributed by atoms with Gasteiger partial charge in [-0.25, -0.2) is 0 Å². The number of fused-ring (bicyclic) bond motifs is 1. The van der Waals surface area contributed by atoms with Crippen LogP contribution in [0.25, 0.3) is 22.3 Å². The summed E-state index contributed by atoms with van der Waals surface area (Å²) in [6, 6.07) is 18.0. The molecule has 2 heterocycles. The first-order chi connectivity index (χ1) is 16.7. The van der Waals surface area contributed by atoms with Gasteiger partial charge >= 0.3 is 0 Å². The summed E-state index contributed by atoms with van der Waals surface area (Å²) in [4.78, 5) is 13.3. The minimum atomic E-state index is 0.0390. The number of rotatable bonds is 8. The van der Waals surface area contributed by atoms with E-state index in [1.807, 2.05) is 59.3 Å². The predicted octanol–water partition coefficient (Wildman–Crippen LogP) is 6.56. The topological polar surface area (TPSA) is 76.5 Å². The molecule has 1 aliphatic carbocycles. The fourth-order valence-electron chi connectivity index (χ4n) is 4.73. The zero-order valence-corrected chi connectivity index (χ0v) is 20.2. The van der Waals surface area contributed by atoms with E-state index in [0.29, 0.717) is 29.6 Å². The van der Waals surface area contributed by atoms with Gasteiger partial charge in [-0.15, -0.1) is 10.2 Å². The van der Waals surface area contributed by atoms with Crippen molar-refractivity contribution in [2.45, 2.75) is 49.8 Å². The van der Waals surface area contributed by atoms with Crippen LogP contribution in [0.2, 0.25) is 5.02 Å². The highest BCUT2D eigenvalue weighted by Gasteiger charge is 2.26. The lowest BCUT2D eigenvalue weighted by Crippen LogP contribution is -2.10. The molecule has 1 saturated carbocycles. The average Bonchev–Trinajstić information content (AvgIpc) is 3.60. The fraction of sp³-hybridized carbons (Fsp3) is 0.308. The molecule has 1 aliphatic rings. The zero-order chi connectivity index (χ0) is 23.5. The molecule has 6 nitrogen and oxygen atoms in total. The summed E-state index contributed by atoms with van der Waals surface area (Å²) in [7, 11) is 0. The normalized spacial score (nSPS) is 14.0. The van der Waals surface area contributed by atoms with Gasteiger partial charge in [0.25, 0.3) is 0 Å². The molecular formula is C26H24ClN5OS. The lowest BCUT2D eigenvalue weighted by atomic mass is 10.1. The molecule has 2 aromatic carbocycles. The summed E-state index contributed by atoms with van der Waals surface area (Å²) >= 11 is 7.91. The highest BCUT2D eigenvalue weighted by Crippen LogP contribution is 2.38. The Morgan fingerprint density at radius 2 is 1.88 bits per heavy atom. The van der Waals surface area contributed by atoms with E-state index in [1.165, 1.54) is 24.6 Å². The van der Waals surface area contributed by atoms with E-state index in [2.05, 4.69) is 20.8 Å². The van der Waals surface area contributed by atoms with Crippen molar-refractivity contribution in [2.24, 2.45) is 0 Å². The number of nitrogens with zero attached hydrogens (tertiary/aromatic N) is 5. The van der Waals surface area contributed by atoms with Gasteiger partial charge in [0.15, 0.2) is 16.8 Å². The van der Waals surface area contributed by atoms with E-state index < -0.39 is 0 Å². The van der Waals surface area contributed by atoms with Crippen LogP contribution in [0.15, 0.2) is 59.9 Å². The Hall–Kier alpha value is -3.08. The predicted molar refractivity (Wildman–Crippen MR) is 135 cm³/mol. The number of benzene rings is 2. The van der Waals surface area contributed by atoms with Gasteiger partial charge in [0.2, 0.25) is 0 Å². The van der Waals surface area contributed by atoms with Crippen molar-refractivity contribution < 1.29 is 4.79 Å². The number of halogens is 1. The second-order valence-electron chi connectivity index (χ2n) is 8.47. The van der Waals surface area contributed by atoms with Crippen LogP contribution in [0.3, 0.4) is 0 Å². The third-order valence-electron chi connectivity index (χ3n) is 6.36. The summed E-state index contributed by atoms with van der Waals surface area (Å²) in [5.74, 6) is 1.07. The maximum atomic E-state index is 13.3. The first-order valence-corrected chi connectivity index (χ1v) is 12.8. The molecular weight excluding hydrogens is 466 g/mol. The monoisotopic (exact) mass is 489 g/mol. The number of para-hydroxylation sites is 1. The van der Waals surface area contributed by atoms with Gasteiger partial charge in [0.1, 0.15) is 0 Å². The van der Waals surface area contributed by atoms with E-state index in [4.69, 9.17) is 16.9 Å². The van der Waals surface area contributed by atoms with Crippen molar-refractivity contribution in [1.82, 2.24) is 19.3 Å². The third kappa shape index (κ3) is 4.36. The number of aromatic nitrogens is 4. The number of carbonyl (C=O) groups is 1. The minimum Gasteiger partial charge on any atom is -0.346 e. The molecule has 0 spiro atoms. The summed E-state index contributed by atoms with van der Waals surface area (Å²) in [6.45, 7) is 0.564. The molecule has 2 aromatic heterocycles. The Bertz CT molecular complexity index is 1380.